The molecule has 0 saturated carbocycles. The van der Waals surface area contributed by atoms with Crippen LogP contribution in [0.5, 0.6) is 0 Å². The number of ether oxygens (including phenoxy) is 2. The van der Waals surface area contributed by atoms with Crippen LogP contribution in [0.1, 0.15) is 38.1 Å². The highest BCUT2D eigenvalue weighted by Gasteiger charge is 2.13. The summed E-state index contributed by atoms with van der Waals surface area (Å²) in [6.45, 7) is 8.27. The average Bonchev–Trinajstić information content (AvgIpc) is 2.84. The van der Waals surface area contributed by atoms with Crippen LogP contribution in [0.3, 0.4) is 0 Å². The molecule has 98 valence electrons. The third-order valence-corrected chi connectivity index (χ3v) is 3.52. The van der Waals surface area contributed by atoms with Crippen molar-refractivity contribution in [1.29, 1.82) is 0 Å². The highest BCUT2D eigenvalue weighted by molar-refractivity contribution is 7.10. The molecule has 0 amide bonds. The second-order valence-electron chi connectivity index (χ2n) is 3.72. The van der Waals surface area contributed by atoms with Crippen LogP contribution in [0.4, 0.5) is 0 Å². The van der Waals surface area contributed by atoms with Crippen LogP contribution in [0, 0.1) is 0 Å². The molecule has 17 heavy (non-hydrogen) atoms. The molecule has 3 nitrogen and oxygen atoms in total. The maximum Gasteiger partial charge on any atom is 0.169 e. The van der Waals surface area contributed by atoms with Crippen LogP contribution >= 0.6 is 11.3 Å². The molecular formula is C13H23NO2S. The quantitative estimate of drug-likeness (QED) is 0.689. The Morgan fingerprint density at radius 3 is 2.41 bits per heavy atom. The van der Waals surface area contributed by atoms with Crippen molar-refractivity contribution in [2.75, 3.05) is 19.8 Å². The molecule has 0 spiro atoms. The molecule has 4 heteroatoms. The van der Waals surface area contributed by atoms with Gasteiger partial charge in [-0.25, -0.2) is 0 Å². The van der Waals surface area contributed by atoms with Gasteiger partial charge < -0.3 is 14.8 Å². The lowest BCUT2D eigenvalue weighted by molar-refractivity contribution is -0.133. The summed E-state index contributed by atoms with van der Waals surface area (Å²) in [7, 11) is 0. The maximum atomic E-state index is 5.51. The smallest absolute Gasteiger partial charge is 0.169 e. The minimum absolute atomic E-state index is 0.140. The molecule has 1 rings (SSSR count). The van der Waals surface area contributed by atoms with Crippen molar-refractivity contribution >= 4 is 11.3 Å². The normalized spacial score (nSPS) is 13.2. The van der Waals surface area contributed by atoms with Crippen molar-refractivity contribution in [3.05, 3.63) is 22.4 Å². The van der Waals surface area contributed by atoms with E-state index in [9.17, 15) is 0 Å². The average molecular weight is 257 g/mol. The van der Waals surface area contributed by atoms with Crippen LogP contribution < -0.4 is 5.32 Å². The number of rotatable bonds is 9. The van der Waals surface area contributed by atoms with Crippen molar-refractivity contribution in [1.82, 2.24) is 5.32 Å². The monoisotopic (exact) mass is 257 g/mol. The van der Waals surface area contributed by atoms with E-state index in [4.69, 9.17) is 9.47 Å². The van der Waals surface area contributed by atoms with Crippen molar-refractivity contribution in [2.24, 2.45) is 0 Å². The standard InChI is InChI=1S/C13H23NO2S/c1-4-11(12-8-7-9-17-12)14-10-13(15-5-2)16-6-3/h7-9,11,13-14H,4-6,10H2,1-3H3. The molecule has 1 aromatic rings. The molecule has 0 aliphatic rings. The summed E-state index contributed by atoms with van der Waals surface area (Å²) in [6.07, 6.45) is 0.935. The Hall–Kier alpha value is -0.420. The highest BCUT2D eigenvalue weighted by Crippen LogP contribution is 2.21. The van der Waals surface area contributed by atoms with Gasteiger partial charge in [0, 0.05) is 30.7 Å². The van der Waals surface area contributed by atoms with Gasteiger partial charge in [-0.3, -0.25) is 0 Å². The van der Waals surface area contributed by atoms with Crippen LogP contribution in [0.25, 0.3) is 0 Å². The third-order valence-electron chi connectivity index (χ3n) is 2.53. The van der Waals surface area contributed by atoms with Crippen LogP contribution in [0.2, 0.25) is 0 Å². The molecule has 0 radical (unpaired) electrons. The summed E-state index contributed by atoms with van der Waals surface area (Å²) in [5.41, 5.74) is 0. The maximum absolute atomic E-state index is 5.51. The van der Waals surface area contributed by atoms with E-state index >= 15 is 0 Å². The Morgan fingerprint density at radius 2 is 1.94 bits per heavy atom. The topological polar surface area (TPSA) is 30.5 Å². The Bertz CT molecular complexity index is 271. The molecule has 0 aromatic carbocycles. The number of thiophene rings is 1. The van der Waals surface area contributed by atoms with Gasteiger partial charge in [0.2, 0.25) is 0 Å². The molecule has 1 aromatic heterocycles. The van der Waals surface area contributed by atoms with Crippen LogP contribution in [-0.2, 0) is 9.47 Å². The predicted octanol–water partition coefficient (Wildman–Crippen LogP) is 3.19. The lowest BCUT2D eigenvalue weighted by Gasteiger charge is -2.21. The van der Waals surface area contributed by atoms with Gasteiger partial charge in [0.15, 0.2) is 6.29 Å². The fourth-order valence-electron chi connectivity index (χ4n) is 1.71. The lowest BCUT2D eigenvalue weighted by Crippen LogP contribution is -2.33. The van der Waals surface area contributed by atoms with Gasteiger partial charge in [-0.05, 0) is 31.7 Å². The summed E-state index contributed by atoms with van der Waals surface area (Å²) in [5, 5.41) is 5.62. The fourth-order valence-corrected chi connectivity index (χ4v) is 2.60. The summed E-state index contributed by atoms with van der Waals surface area (Å²) in [4.78, 5) is 1.37. The van der Waals surface area contributed by atoms with Gasteiger partial charge in [0.1, 0.15) is 0 Å². The molecule has 0 aliphatic heterocycles. The van der Waals surface area contributed by atoms with Gasteiger partial charge in [-0.15, -0.1) is 11.3 Å². The Balaban J connectivity index is 2.40. The van der Waals surface area contributed by atoms with E-state index in [1.807, 2.05) is 13.8 Å². The van der Waals surface area contributed by atoms with E-state index in [0.717, 1.165) is 13.0 Å². The molecule has 0 aliphatic carbocycles. The zero-order chi connectivity index (χ0) is 12.5. The van der Waals surface area contributed by atoms with Crippen molar-refractivity contribution in [3.63, 3.8) is 0 Å². The number of hydrogen-bond donors (Lipinski definition) is 1. The van der Waals surface area contributed by atoms with Crippen molar-refractivity contribution in [3.8, 4) is 0 Å². The van der Waals surface area contributed by atoms with E-state index in [1.54, 1.807) is 11.3 Å². The first-order chi connectivity index (χ1) is 8.31. The summed E-state index contributed by atoms with van der Waals surface area (Å²) >= 11 is 1.79. The zero-order valence-electron chi connectivity index (χ0n) is 10.9. The van der Waals surface area contributed by atoms with Crippen molar-refractivity contribution < 1.29 is 9.47 Å². The van der Waals surface area contributed by atoms with Gasteiger partial charge in [0.05, 0.1) is 0 Å². The first-order valence-corrected chi connectivity index (χ1v) is 7.19. The summed E-state index contributed by atoms with van der Waals surface area (Å²) < 4.78 is 11.0. The molecule has 1 N–H and O–H groups in total. The second kappa shape index (κ2) is 8.64. The molecule has 1 atom stereocenters. The van der Waals surface area contributed by atoms with E-state index < -0.39 is 0 Å². The number of nitrogens with one attached hydrogen (secondary N) is 1. The Kier molecular flexibility index (Phi) is 7.44. The van der Waals surface area contributed by atoms with Crippen molar-refractivity contribution in [2.45, 2.75) is 39.5 Å². The first kappa shape index (κ1) is 14.6. The lowest BCUT2D eigenvalue weighted by atomic mass is 10.2. The molecule has 1 unspecified atom stereocenters. The largest absolute Gasteiger partial charge is 0.352 e. The summed E-state index contributed by atoms with van der Waals surface area (Å²) in [5.74, 6) is 0. The molecule has 0 bridgehead atoms. The van der Waals surface area contributed by atoms with E-state index in [1.165, 1.54) is 4.88 Å². The van der Waals surface area contributed by atoms with E-state index in [0.29, 0.717) is 19.3 Å². The Morgan fingerprint density at radius 1 is 1.24 bits per heavy atom. The van der Waals surface area contributed by atoms with E-state index in [-0.39, 0.29) is 6.29 Å². The van der Waals surface area contributed by atoms with Gasteiger partial charge in [0.25, 0.3) is 0 Å². The minimum Gasteiger partial charge on any atom is -0.352 e. The molecule has 0 fully saturated rings. The SMILES string of the molecule is CCOC(CNC(CC)c1cccs1)OCC. The molecule has 1 heterocycles. The third kappa shape index (κ3) is 5.17. The van der Waals surface area contributed by atoms with Gasteiger partial charge in [-0.1, -0.05) is 13.0 Å². The first-order valence-electron chi connectivity index (χ1n) is 6.31. The Labute approximate surface area is 108 Å². The summed E-state index contributed by atoms with van der Waals surface area (Å²) in [6, 6.07) is 4.66. The fraction of sp³-hybridized carbons (Fsp3) is 0.692. The number of hydrogen-bond acceptors (Lipinski definition) is 4. The predicted molar refractivity (Wildman–Crippen MR) is 72.4 cm³/mol. The zero-order valence-corrected chi connectivity index (χ0v) is 11.8. The van der Waals surface area contributed by atoms with Gasteiger partial charge in [-0.2, -0.15) is 0 Å². The van der Waals surface area contributed by atoms with Crippen LogP contribution in [-0.4, -0.2) is 26.0 Å². The second-order valence-corrected chi connectivity index (χ2v) is 4.70. The molecule has 0 saturated heterocycles. The minimum atomic E-state index is -0.140. The molecular weight excluding hydrogens is 234 g/mol. The highest BCUT2D eigenvalue weighted by atomic mass is 32.1. The van der Waals surface area contributed by atoms with Gasteiger partial charge >= 0.3 is 0 Å². The van der Waals surface area contributed by atoms with Crippen LogP contribution in [0.15, 0.2) is 17.5 Å². The van der Waals surface area contributed by atoms with E-state index in [2.05, 4.69) is 29.8 Å².